The summed E-state index contributed by atoms with van der Waals surface area (Å²) in [4.78, 5) is 5.42. The second kappa shape index (κ2) is 18.3. The summed E-state index contributed by atoms with van der Waals surface area (Å²) in [6.07, 6.45) is 0. The van der Waals surface area contributed by atoms with Crippen LogP contribution in [-0.2, 0) is 21.7 Å². The number of nitrogens with zero attached hydrogens (tertiary/aromatic N) is 3. The maximum atomic E-state index is 2.71. The summed E-state index contributed by atoms with van der Waals surface area (Å²) in [5, 5.41) is 12.5. The number of anilines is 6. The van der Waals surface area contributed by atoms with E-state index >= 15 is 0 Å². The van der Waals surface area contributed by atoms with Crippen LogP contribution in [0.3, 0.4) is 0 Å². The Morgan fingerprint density at radius 3 is 1.18 bits per heavy atom. The van der Waals surface area contributed by atoms with Gasteiger partial charge in [0.2, 0.25) is 0 Å². The van der Waals surface area contributed by atoms with Crippen molar-refractivity contribution < 1.29 is 0 Å². The van der Waals surface area contributed by atoms with Crippen LogP contribution >= 0.6 is 0 Å². The molecular formula is C80H72BN3. The van der Waals surface area contributed by atoms with Gasteiger partial charge in [-0.25, -0.2) is 0 Å². The number of para-hydroxylation sites is 2. The maximum Gasteiger partial charge on any atom is 0.252 e. The Kier molecular flexibility index (Phi) is 11.3. The van der Waals surface area contributed by atoms with Crippen LogP contribution in [0.25, 0.3) is 81.7 Å². The molecule has 84 heavy (non-hydrogen) atoms. The van der Waals surface area contributed by atoms with Crippen LogP contribution in [0.4, 0.5) is 34.1 Å². The monoisotopic (exact) mass is 1090 g/mol. The van der Waals surface area contributed by atoms with E-state index in [9.17, 15) is 0 Å². The molecule has 0 saturated heterocycles. The van der Waals surface area contributed by atoms with E-state index in [0.29, 0.717) is 0 Å². The third-order valence-corrected chi connectivity index (χ3v) is 18.7. The van der Waals surface area contributed by atoms with Crippen molar-refractivity contribution in [1.29, 1.82) is 0 Å². The van der Waals surface area contributed by atoms with Crippen molar-refractivity contribution in [3.05, 3.63) is 241 Å². The Morgan fingerprint density at radius 1 is 0.286 bits per heavy atom. The third kappa shape index (κ3) is 8.07. The van der Waals surface area contributed by atoms with Gasteiger partial charge in [0.15, 0.2) is 0 Å². The van der Waals surface area contributed by atoms with Crippen LogP contribution in [0.15, 0.2) is 218 Å². The Balaban J connectivity index is 1.14. The van der Waals surface area contributed by atoms with E-state index in [1.165, 1.54) is 149 Å². The van der Waals surface area contributed by atoms with E-state index < -0.39 is 0 Å². The standard InChI is InChI=1S/C80H72BN3/c1-77(2,3)53-43-54(78(4,5)6)46-58(45-53)83-72-41-52(51-32-39-71-67(40-51)64-28-20-21-29-70(64)82(71)57-24-14-13-15-25-57)42-73-74(72)81(68-37-35-62-60-26-18-16-22-49(60)30-33-65(62)75(68)83)69-38-36-63-61-27-19-17-23-50(61)31-34-66(63)76(69)84(73)59-47-55(79(7,8)9)44-56(48-59)80(10,11)12/h13-48H,1-12H3. The van der Waals surface area contributed by atoms with Crippen molar-refractivity contribution in [2.24, 2.45) is 0 Å². The van der Waals surface area contributed by atoms with Crippen LogP contribution in [0.5, 0.6) is 0 Å². The molecular weight excluding hydrogens is 1010 g/mol. The molecule has 0 fully saturated rings. The molecule has 2 aliphatic heterocycles. The molecule has 0 radical (unpaired) electrons. The molecule has 0 saturated carbocycles. The Labute approximate surface area is 495 Å². The van der Waals surface area contributed by atoms with E-state index in [2.05, 4.69) is 316 Å². The van der Waals surface area contributed by atoms with Crippen LogP contribution in [-0.4, -0.2) is 11.3 Å². The van der Waals surface area contributed by atoms with Gasteiger partial charge in [-0.2, -0.15) is 0 Å². The van der Waals surface area contributed by atoms with Gasteiger partial charge in [-0.3, -0.25) is 0 Å². The molecule has 15 rings (SSSR count). The number of hydrogen-bond donors (Lipinski definition) is 0. The minimum atomic E-state index is -0.120. The Morgan fingerprint density at radius 2 is 0.702 bits per heavy atom. The molecule has 2 aliphatic rings. The SMILES string of the molecule is CC(C)(C)c1cc(N2c3cc(-c4ccc5c(c4)c4ccccc4n5-c4ccccc4)cc4c3B(c3ccc5c(ccc6ccccc65)c32)c2ccc3c(ccc5ccccc53)c2N4c2cc(C(C)(C)C)cc(C(C)(C)C)c2)cc(C(C)(C)C)c1. The number of benzene rings is 12. The summed E-state index contributed by atoms with van der Waals surface area (Å²) < 4.78 is 2.43. The second-order valence-corrected chi connectivity index (χ2v) is 28.3. The average Bonchev–Trinajstić information content (AvgIpc) is 0.977. The molecule has 0 atom stereocenters. The van der Waals surface area contributed by atoms with Crippen LogP contribution in [0, 0.1) is 0 Å². The highest BCUT2D eigenvalue weighted by molar-refractivity contribution is 7.01. The van der Waals surface area contributed by atoms with Crippen molar-refractivity contribution in [2.75, 3.05) is 9.80 Å². The van der Waals surface area contributed by atoms with Gasteiger partial charge in [-0.15, -0.1) is 0 Å². The fraction of sp³-hybridized carbons (Fsp3) is 0.200. The highest BCUT2D eigenvalue weighted by Crippen LogP contribution is 2.52. The number of rotatable bonds is 4. The number of hydrogen-bond acceptors (Lipinski definition) is 2. The molecule has 12 aromatic carbocycles. The summed E-state index contributed by atoms with van der Waals surface area (Å²) in [6.45, 7) is 28.3. The lowest BCUT2D eigenvalue weighted by Crippen LogP contribution is -2.61. The zero-order valence-corrected chi connectivity index (χ0v) is 50.7. The molecule has 0 unspecified atom stereocenters. The first kappa shape index (κ1) is 52.0. The molecule has 0 bridgehead atoms. The topological polar surface area (TPSA) is 11.4 Å². The summed E-state index contributed by atoms with van der Waals surface area (Å²) in [5.74, 6) is 0. The van der Waals surface area contributed by atoms with E-state index in [4.69, 9.17) is 0 Å². The fourth-order valence-electron chi connectivity index (χ4n) is 14.1. The number of fused-ring (bicyclic) bond motifs is 15. The molecule has 1 aromatic heterocycles. The first-order valence-electron chi connectivity index (χ1n) is 30.3. The molecule has 410 valence electrons. The molecule has 0 amide bonds. The van der Waals surface area contributed by atoms with Gasteiger partial charge in [0.05, 0.1) is 11.0 Å². The highest BCUT2D eigenvalue weighted by Gasteiger charge is 2.46. The lowest BCUT2D eigenvalue weighted by molar-refractivity contribution is 0.568. The first-order chi connectivity index (χ1) is 40.2. The smallest absolute Gasteiger partial charge is 0.252 e. The summed E-state index contributed by atoms with van der Waals surface area (Å²) >= 11 is 0. The molecule has 0 aliphatic carbocycles. The Bertz CT molecular complexity index is 4600. The third-order valence-electron chi connectivity index (χ3n) is 18.7. The minimum absolute atomic E-state index is 0.111. The summed E-state index contributed by atoms with van der Waals surface area (Å²) in [6, 6.07) is 84.4. The second-order valence-electron chi connectivity index (χ2n) is 28.3. The minimum Gasteiger partial charge on any atom is -0.311 e. The molecule has 0 N–H and O–H groups in total. The maximum absolute atomic E-state index is 2.71. The molecule has 0 spiro atoms. The van der Waals surface area contributed by atoms with Crippen molar-refractivity contribution in [3.8, 4) is 16.8 Å². The Hall–Kier alpha value is -8.86. The highest BCUT2D eigenvalue weighted by atomic mass is 15.2. The van der Waals surface area contributed by atoms with Crippen LogP contribution in [0.1, 0.15) is 105 Å². The van der Waals surface area contributed by atoms with E-state index in [-0.39, 0.29) is 28.4 Å². The van der Waals surface area contributed by atoms with Gasteiger partial charge in [-0.05, 0) is 170 Å². The zero-order valence-electron chi connectivity index (χ0n) is 50.7. The van der Waals surface area contributed by atoms with Gasteiger partial charge < -0.3 is 14.4 Å². The van der Waals surface area contributed by atoms with Crippen LogP contribution < -0.4 is 26.2 Å². The van der Waals surface area contributed by atoms with Crippen LogP contribution in [0.2, 0.25) is 0 Å². The van der Waals surface area contributed by atoms with E-state index in [0.717, 1.165) is 5.69 Å². The van der Waals surface area contributed by atoms with Gasteiger partial charge in [0.25, 0.3) is 6.71 Å². The average molecular weight is 1090 g/mol. The van der Waals surface area contributed by atoms with E-state index in [1.807, 2.05) is 0 Å². The van der Waals surface area contributed by atoms with Crippen molar-refractivity contribution in [2.45, 2.75) is 105 Å². The molecule has 3 heterocycles. The quantitative estimate of drug-likeness (QED) is 0.129. The largest absolute Gasteiger partial charge is 0.311 e. The predicted molar refractivity (Wildman–Crippen MR) is 365 cm³/mol. The van der Waals surface area contributed by atoms with Gasteiger partial charge in [0, 0.05) is 61.4 Å². The van der Waals surface area contributed by atoms with E-state index in [1.54, 1.807) is 0 Å². The number of aromatic nitrogens is 1. The molecule has 4 heteroatoms. The summed E-state index contributed by atoms with van der Waals surface area (Å²) in [7, 11) is 0. The first-order valence-corrected chi connectivity index (χ1v) is 30.3. The molecule has 3 nitrogen and oxygen atoms in total. The van der Waals surface area contributed by atoms with Gasteiger partial charge in [-0.1, -0.05) is 235 Å². The summed E-state index contributed by atoms with van der Waals surface area (Å²) in [5.41, 5.74) is 21.9. The normalized spacial score (nSPS) is 13.6. The van der Waals surface area contributed by atoms with Crippen molar-refractivity contribution in [3.63, 3.8) is 0 Å². The van der Waals surface area contributed by atoms with Gasteiger partial charge in [0.1, 0.15) is 0 Å². The van der Waals surface area contributed by atoms with Gasteiger partial charge >= 0.3 is 0 Å². The van der Waals surface area contributed by atoms with Crippen molar-refractivity contribution in [1.82, 2.24) is 4.57 Å². The zero-order chi connectivity index (χ0) is 57.9. The lowest BCUT2D eigenvalue weighted by atomic mass is 9.33. The fourth-order valence-corrected chi connectivity index (χ4v) is 14.1. The predicted octanol–water partition coefficient (Wildman–Crippen LogP) is 20.3. The lowest BCUT2D eigenvalue weighted by Gasteiger charge is -2.46. The molecule has 13 aromatic rings. The van der Waals surface area contributed by atoms with Crippen molar-refractivity contribution >= 4 is 122 Å².